The number of hydrogen-bond acceptors (Lipinski definition) is 4. The lowest BCUT2D eigenvalue weighted by Crippen LogP contribution is -2.34. The SMILES string of the molecule is COc1ccccc1OCCNCC1CCCCC1CO. The van der Waals surface area contributed by atoms with Crippen LogP contribution in [0.15, 0.2) is 24.3 Å². The Hall–Kier alpha value is -1.26. The lowest BCUT2D eigenvalue weighted by atomic mass is 9.80. The molecule has 1 fully saturated rings. The van der Waals surface area contributed by atoms with Gasteiger partial charge in [-0.15, -0.1) is 0 Å². The number of para-hydroxylation sites is 2. The molecule has 0 saturated heterocycles. The molecule has 2 N–H and O–H groups in total. The number of nitrogens with one attached hydrogen (secondary N) is 1. The lowest BCUT2D eigenvalue weighted by Gasteiger charge is -2.30. The van der Waals surface area contributed by atoms with Crippen LogP contribution >= 0.6 is 0 Å². The summed E-state index contributed by atoms with van der Waals surface area (Å²) in [6.45, 7) is 2.73. The van der Waals surface area contributed by atoms with Gasteiger partial charge < -0.3 is 19.9 Å². The molecule has 21 heavy (non-hydrogen) atoms. The Labute approximate surface area is 127 Å². The Morgan fingerprint density at radius 3 is 2.57 bits per heavy atom. The molecule has 1 aliphatic carbocycles. The number of methoxy groups -OCH3 is 1. The molecule has 1 aromatic rings. The van der Waals surface area contributed by atoms with Gasteiger partial charge in [0.2, 0.25) is 0 Å². The molecule has 2 rings (SSSR count). The molecule has 4 nitrogen and oxygen atoms in total. The van der Waals surface area contributed by atoms with E-state index in [0.29, 0.717) is 25.0 Å². The number of ether oxygens (including phenoxy) is 2. The van der Waals surface area contributed by atoms with Gasteiger partial charge in [-0.1, -0.05) is 25.0 Å². The second-order valence-corrected chi connectivity index (χ2v) is 5.69. The van der Waals surface area contributed by atoms with Gasteiger partial charge in [0.25, 0.3) is 0 Å². The summed E-state index contributed by atoms with van der Waals surface area (Å²) in [4.78, 5) is 0. The van der Waals surface area contributed by atoms with Crippen molar-refractivity contribution in [2.75, 3.05) is 33.4 Å². The Bertz CT molecular complexity index is 411. The van der Waals surface area contributed by atoms with Crippen molar-refractivity contribution in [1.82, 2.24) is 5.32 Å². The fraction of sp³-hybridized carbons (Fsp3) is 0.647. The zero-order valence-corrected chi connectivity index (χ0v) is 12.9. The molecule has 0 bridgehead atoms. The van der Waals surface area contributed by atoms with Crippen LogP contribution in [0, 0.1) is 11.8 Å². The first-order chi connectivity index (χ1) is 10.3. The molecule has 0 aliphatic heterocycles. The summed E-state index contributed by atoms with van der Waals surface area (Å²) in [5.41, 5.74) is 0. The molecule has 1 aliphatic rings. The molecule has 1 saturated carbocycles. The Balaban J connectivity index is 1.65. The molecule has 2 atom stereocenters. The molecule has 0 radical (unpaired) electrons. The van der Waals surface area contributed by atoms with Crippen molar-refractivity contribution in [3.8, 4) is 11.5 Å². The third-order valence-electron chi connectivity index (χ3n) is 4.31. The van der Waals surface area contributed by atoms with Gasteiger partial charge in [0.15, 0.2) is 11.5 Å². The van der Waals surface area contributed by atoms with Crippen molar-refractivity contribution in [2.24, 2.45) is 11.8 Å². The van der Waals surface area contributed by atoms with E-state index in [0.717, 1.165) is 24.6 Å². The van der Waals surface area contributed by atoms with Gasteiger partial charge in [0, 0.05) is 13.2 Å². The van der Waals surface area contributed by atoms with Crippen molar-refractivity contribution < 1.29 is 14.6 Å². The molecule has 1 aromatic carbocycles. The van der Waals surface area contributed by atoms with E-state index < -0.39 is 0 Å². The maximum Gasteiger partial charge on any atom is 0.161 e. The standard InChI is InChI=1S/C17H27NO3/c1-20-16-8-4-5-9-17(16)21-11-10-18-12-14-6-2-3-7-15(14)13-19/h4-5,8-9,14-15,18-19H,2-3,6-7,10-13H2,1H3. The fourth-order valence-electron chi connectivity index (χ4n) is 3.05. The molecular weight excluding hydrogens is 266 g/mol. The topological polar surface area (TPSA) is 50.7 Å². The predicted octanol–water partition coefficient (Wildman–Crippen LogP) is 2.46. The zero-order valence-electron chi connectivity index (χ0n) is 12.9. The minimum Gasteiger partial charge on any atom is -0.493 e. The van der Waals surface area contributed by atoms with Crippen molar-refractivity contribution in [1.29, 1.82) is 0 Å². The number of benzene rings is 1. The third-order valence-corrected chi connectivity index (χ3v) is 4.31. The first-order valence-corrected chi connectivity index (χ1v) is 7.92. The first kappa shape index (κ1) is 16.1. The highest BCUT2D eigenvalue weighted by Gasteiger charge is 2.23. The molecule has 0 aromatic heterocycles. The second kappa shape index (κ2) is 8.90. The maximum absolute atomic E-state index is 9.40. The van der Waals surface area contributed by atoms with Gasteiger partial charge in [-0.3, -0.25) is 0 Å². The van der Waals surface area contributed by atoms with E-state index in [1.165, 1.54) is 25.7 Å². The van der Waals surface area contributed by atoms with Crippen LogP contribution in [0.2, 0.25) is 0 Å². The van der Waals surface area contributed by atoms with Crippen molar-refractivity contribution in [3.05, 3.63) is 24.3 Å². The summed E-state index contributed by atoms with van der Waals surface area (Å²) >= 11 is 0. The number of rotatable bonds is 8. The molecule has 0 amide bonds. The molecule has 4 heteroatoms. The van der Waals surface area contributed by atoms with Gasteiger partial charge in [-0.25, -0.2) is 0 Å². The summed E-state index contributed by atoms with van der Waals surface area (Å²) < 4.78 is 11.0. The average molecular weight is 293 g/mol. The summed E-state index contributed by atoms with van der Waals surface area (Å²) in [7, 11) is 1.65. The highest BCUT2D eigenvalue weighted by atomic mass is 16.5. The first-order valence-electron chi connectivity index (χ1n) is 7.92. The summed E-state index contributed by atoms with van der Waals surface area (Å²) in [5, 5.41) is 12.9. The van der Waals surface area contributed by atoms with Crippen molar-refractivity contribution in [2.45, 2.75) is 25.7 Å². The van der Waals surface area contributed by atoms with Crippen LogP contribution in [-0.4, -0.2) is 38.5 Å². The quantitative estimate of drug-likeness (QED) is 0.723. The van der Waals surface area contributed by atoms with Crippen LogP contribution in [0.25, 0.3) is 0 Å². The Morgan fingerprint density at radius 2 is 1.86 bits per heavy atom. The van der Waals surface area contributed by atoms with E-state index in [2.05, 4.69) is 5.32 Å². The van der Waals surface area contributed by atoms with E-state index in [1.807, 2.05) is 24.3 Å². The van der Waals surface area contributed by atoms with Gasteiger partial charge in [-0.05, 0) is 43.4 Å². The van der Waals surface area contributed by atoms with E-state index in [4.69, 9.17) is 9.47 Å². The largest absolute Gasteiger partial charge is 0.493 e. The lowest BCUT2D eigenvalue weighted by molar-refractivity contribution is 0.132. The molecular formula is C17H27NO3. The summed E-state index contributed by atoms with van der Waals surface area (Å²) in [6, 6.07) is 7.69. The van der Waals surface area contributed by atoms with E-state index in [1.54, 1.807) is 7.11 Å². The Morgan fingerprint density at radius 1 is 1.14 bits per heavy atom. The Kier molecular flexibility index (Phi) is 6.83. The van der Waals surface area contributed by atoms with E-state index in [9.17, 15) is 5.11 Å². The van der Waals surface area contributed by atoms with Crippen LogP contribution in [0.1, 0.15) is 25.7 Å². The van der Waals surface area contributed by atoms with Gasteiger partial charge in [0.05, 0.1) is 7.11 Å². The van der Waals surface area contributed by atoms with Crippen molar-refractivity contribution in [3.63, 3.8) is 0 Å². The smallest absolute Gasteiger partial charge is 0.161 e. The van der Waals surface area contributed by atoms with Gasteiger partial charge >= 0.3 is 0 Å². The summed E-state index contributed by atoms with van der Waals surface area (Å²) in [6.07, 6.45) is 4.95. The van der Waals surface area contributed by atoms with Gasteiger partial charge in [0.1, 0.15) is 6.61 Å². The van der Waals surface area contributed by atoms with E-state index in [-0.39, 0.29) is 0 Å². The summed E-state index contributed by atoms with van der Waals surface area (Å²) in [5.74, 6) is 2.63. The van der Waals surface area contributed by atoms with E-state index >= 15 is 0 Å². The highest BCUT2D eigenvalue weighted by Crippen LogP contribution is 2.29. The fourth-order valence-corrected chi connectivity index (χ4v) is 3.05. The number of aliphatic hydroxyl groups excluding tert-OH is 1. The van der Waals surface area contributed by atoms with Gasteiger partial charge in [-0.2, -0.15) is 0 Å². The predicted molar refractivity (Wildman–Crippen MR) is 83.9 cm³/mol. The van der Waals surface area contributed by atoms with Crippen LogP contribution in [0.3, 0.4) is 0 Å². The van der Waals surface area contributed by atoms with Crippen LogP contribution in [0.5, 0.6) is 11.5 Å². The zero-order chi connectivity index (χ0) is 14.9. The highest BCUT2D eigenvalue weighted by molar-refractivity contribution is 5.39. The second-order valence-electron chi connectivity index (χ2n) is 5.69. The van der Waals surface area contributed by atoms with Crippen LogP contribution in [-0.2, 0) is 0 Å². The molecule has 2 unspecified atom stereocenters. The minimum absolute atomic E-state index is 0.323. The van der Waals surface area contributed by atoms with Crippen molar-refractivity contribution >= 4 is 0 Å². The number of hydrogen-bond donors (Lipinski definition) is 2. The monoisotopic (exact) mass is 293 g/mol. The average Bonchev–Trinajstić information content (AvgIpc) is 2.55. The molecule has 118 valence electrons. The van der Waals surface area contributed by atoms with Crippen LogP contribution in [0.4, 0.5) is 0 Å². The number of aliphatic hydroxyl groups is 1. The normalized spacial score (nSPS) is 22.0. The maximum atomic E-state index is 9.40. The minimum atomic E-state index is 0.323. The molecule has 0 spiro atoms. The van der Waals surface area contributed by atoms with Crippen LogP contribution < -0.4 is 14.8 Å². The molecule has 0 heterocycles. The third kappa shape index (κ3) is 4.90.